The molecule has 0 saturated carbocycles. The average Bonchev–Trinajstić information content (AvgIpc) is 2.88. The van der Waals surface area contributed by atoms with Gasteiger partial charge in [0.15, 0.2) is 0 Å². The number of amides is 1. The summed E-state index contributed by atoms with van der Waals surface area (Å²) in [4.78, 5) is 27.6. The summed E-state index contributed by atoms with van der Waals surface area (Å²) in [5, 5.41) is 4.67. The minimum atomic E-state index is 0.00342. The van der Waals surface area contributed by atoms with Crippen LogP contribution < -0.4 is 5.69 Å². The van der Waals surface area contributed by atoms with Gasteiger partial charge >= 0.3 is 5.69 Å². The van der Waals surface area contributed by atoms with Crippen molar-refractivity contribution in [2.75, 3.05) is 13.1 Å². The number of rotatable bonds is 3. The summed E-state index contributed by atoms with van der Waals surface area (Å²) in [6.07, 6.45) is 5.56. The molecule has 0 bridgehead atoms. The van der Waals surface area contributed by atoms with Gasteiger partial charge in [-0.25, -0.2) is 9.48 Å². The maximum atomic E-state index is 12.9. The van der Waals surface area contributed by atoms with E-state index in [9.17, 15) is 9.59 Å². The lowest BCUT2D eigenvalue weighted by Crippen LogP contribution is -2.44. The van der Waals surface area contributed by atoms with Crippen molar-refractivity contribution < 1.29 is 4.79 Å². The first-order valence-electron chi connectivity index (χ1n) is 11.2. The van der Waals surface area contributed by atoms with Crippen LogP contribution in [0.2, 0.25) is 0 Å². The van der Waals surface area contributed by atoms with Crippen LogP contribution in [0.1, 0.15) is 64.3 Å². The summed E-state index contributed by atoms with van der Waals surface area (Å²) in [6.45, 7) is 9.30. The maximum absolute atomic E-state index is 12.9. The van der Waals surface area contributed by atoms with Crippen LogP contribution in [0, 0.1) is 10.8 Å². The highest BCUT2D eigenvalue weighted by Gasteiger charge is 2.38. The molecule has 30 heavy (non-hydrogen) atoms. The number of piperidine rings is 1. The van der Waals surface area contributed by atoms with Crippen molar-refractivity contribution in [2.45, 2.75) is 72.4 Å². The molecule has 3 heterocycles. The number of likely N-dealkylation sites (tertiary alicyclic amines) is 1. The Morgan fingerprint density at radius 1 is 1.03 bits per heavy atom. The largest absolute Gasteiger partial charge is 0.346 e. The molecule has 0 aliphatic carbocycles. The predicted octanol–water partition coefficient (Wildman–Crippen LogP) is 3.47. The molecule has 1 aromatic heterocycles. The Labute approximate surface area is 178 Å². The van der Waals surface area contributed by atoms with Crippen molar-refractivity contribution in [2.24, 2.45) is 10.8 Å². The maximum Gasteiger partial charge on any atom is 0.346 e. The van der Waals surface area contributed by atoms with Gasteiger partial charge < -0.3 is 4.90 Å². The summed E-state index contributed by atoms with van der Waals surface area (Å²) in [5.74, 6) is 1.20. The van der Waals surface area contributed by atoms with Crippen LogP contribution in [0.4, 0.5) is 0 Å². The first kappa shape index (κ1) is 20.9. The zero-order chi connectivity index (χ0) is 21.4. The molecule has 4 rings (SSSR count). The molecular formula is C24H34N4O2. The highest BCUT2D eigenvalue weighted by Crippen LogP contribution is 2.41. The quantitative estimate of drug-likeness (QED) is 0.778. The molecular weight excluding hydrogens is 376 g/mol. The van der Waals surface area contributed by atoms with Gasteiger partial charge in [-0.05, 0) is 42.1 Å². The van der Waals surface area contributed by atoms with E-state index in [2.05, 4.69) is 25.9 Å². The summed E-state index contributed by atoms with van der Waals surface area (Å²) in [6, 6.07) is 10.0. The second-order valence-corrected chi connectivity index (χ2v) is 10.4. The number of aromatic nitrogens is 3. The van der Waals surface area contributed by atoms with Crippen LogP contribution in [0.3, 0.4) is 0 Å². The lowest BCUT2D eigenvalue weighted by Gasteiger charge is -2.42. The van der Waals surface area contributed by atoms with Crippen molar-refractivity contribution >= 4 is 5.91 Å². The smallest absolute Gasteiger partial charge is 0.343 e. The molecule has 0 unspecified atom stereocenters. The number of benzene rings is 1. The summed E-state index contributed by atoms with van der Waals surface area (Å²) < 4.78 is 3.49. The van der Waals surface area contributed by atoms with Gasteiger partial charge in [0.05, 0.1) is 6.54 Å². The van der Waals surface area contributed by atoms with Gasteiger partial charge in [0.2, 0.25) is 5.91 Å². The van der Waals surface area contributed by atoms with Gasteiger partial charge in [-0.15, -0.1) is 0 Å². The van der Waals surface area contributed by atoms with Crippen LogP contribution in [0.25, 0.3) is 0 Å². The van der Waals surface area contributed by atoms with E-state index in [0.717, 1.165) is 63.1 Å². The van der Waals surface area contributed by atoms with E-state index in [0.29, 0.717) is 13.0 Å². The van der Waals surface area contributed by atoms with Gasteiger partial charge in [-0.1, -0.05) is 51.1 Å². The topological polar surface area (TPSA) is 60.1 Å². The van der Waals surface area contributed by atoms with E-state index in [1.54, 1.807) is 4.68 Å². The number of aryl methyl sites for hydroxylation is 1. The average molecular weight is 411 g/mol. The number of fused-ring (bicyclic) bond motifs is 1. The molecule has 2 aliphatic heterocycles. The minimum absolute atomic E-state index is 0.00342. The Morgan fingerprint density at radius 2 is 1.70 bits per heavy atom. The summed E-state index contributed by atoms with van der Waals surface area (Å²) >= 11 is 0. The number of hydrogen-bond acceptors (Lipinski definition) is 3. The first-order chi connectivity index (χ1) is 14.2. The van der Waals surface area contributed by atoms with Gasteiger partial charge in [0.25, 0.3) is 0 Å². The van der Waals surface area contributed by atoms with E-state index >= 15 is 0 Å². The Morgan fingerprint density at radius 3 is 2.37 bits per heavy atom. The number of hydrogen-bond donors (Lipinski definition) is 0. The number of carbonyl (C=O) groups excluding carboxylic acids is 1. The third-order valence-corrected chi connectivity index (χ3v) is 6.78. The highest BCUT2D eigenvalue weighted by atomic mass is 16.2. The molecule has 0 atom stereocenters. The van der Waals surface area contributed by atoms with Crippen molar-refractivity contribution in [3.05, 3.63) is 52.2 Å². The Kier molecular flexibility index (Phi) is 5.60. The van der Waals surface area contributed by atoms with E-state index in [-0.39, 0.29) is 22.4 Å². The fraction of sp³-hybridized carbons (Fsp3) is 0.625. The zero-order valence-corrected chi connectivity index (χ0v) is 18.6. The Hall–Kier alpha value is -2.37. The second kappa shape index (κ2) is 8.05. The third-order valence-electron chi connectivity index (χ3n) is 6.78. The van der Waals surface area contributed by atoms with Crippen LogP contribution in [0.15, 0.2) is 35.1 Å². The molecule has 1 amide bonds. The van der Waals surface area contributed by atoms with Crippen molar-refractivity contribution in [3.63, 3.8) is 0 Å². The van der Waals surface area contributed by atoms with E-state index in [1.165, 1.54) is 0 Å². The summed E-state index contributed by atoms with van der Waals surface area (Å²) in [7, 11) is 0. The molecule has 2 aromatic rings. The second-order valence-electron chi connectivity index (χ2n) is 10.4. The highest BCUT2D eigenvalue weighted by molar-refractivity contribution is 5.76. The standard InChI is InChI=1S/C24H34N4O2/c1-23(2,3)17-21(29)26-14-11-24(12-15-26)10-9-20-25-28(22(30)27(20)16-13-24)18-19-7-5-4-6-8-19/h4-8H,9-18H2,1-3H3. The lowest BCUT2D eigenvalue weighted by molar-refractivity contribution is -0.135. The van der Waals surface area contributed by atoms with Gasteiger partial charge in [-0.3, -0.25) is 9.36 Å². The summed E-state index contributed by atoms with van der Waals surface area (Å²) in [5.41, 5.74) is 1.36. The van der Waals surface area contributed by atoms with Crippen LogP contribution >= 0.6 is 0 Å². The van der Waals surface area contributed by atoms with Crippen LogP contribution in [-0.4, -0.2) is 38.2 Å². The first-order valence-corrected chi connectivity index (χ1v) is 11.2. The van der Waals surface area contributed by atoms with Crippen LogP contribution in [-0.2, 0) is 24.3 Å². The molecule has 0 radical (unpaired) electrons. The van der Waals surface area contributed by atoms with Gasteiger partial charge in [0.1, 0.15) is 5.82 Å². The molecule has 162 valence electrons. The molecule has 1 spiro atoms. The zero-order valence-electron chi connectivity index (χ0n) is 18.6. The molecule has 6 nitrogen and oxygen atoms in total. The van der Waals surface area contributed by atoms with E-state index in [1.807, 2.05) is 39.8 Å². The monoisotopic (exact) mass is 410 g/mol. The van der Waals surface area contributed by atoms with Gasteiger partial charge in [-0.2, -0.15) is 5.10 Å². The fourth-order valence-corrected chi connectivity index (χ4v) is 4.90. The van der Waals surface area contributed by atoms with Crippen molar-refractivity contribution in [1.82, 2.24) is 19.2 Å². The number of carbonyl (C=O) groups is 1. The molecule has 1 fully saturated rings. The molecule has 1 saturated heterocycles. The normalized spacial score (nSPS) is 18.8. The van der Waals surface area contributed by atoms with Gasteiger partial charge in [0, 0.05) is 32.5 Å². The predicted molar refractivity (Wildman–Crippen MR) is 117 cm³/mol. The van der Waals surface area contributed by atoms with E-state index in [4.69, 9.17) is 0 Å². The Bertz CT molecular complexity index is 944. The van der Waals surface area contributed by atoms with Crippen LogP contribution in [0.5, 0.6) is 0 Å². The Balaban J connectivity index is 1.40. The SMILES string of the molecule is CC(C)(C)CC(=O)N1CCC2(CCc3nn(Cc4ccccc4)c(=O)n3CC2)CC1. The van der Waals surface area contributed by atoms with Crippen molar-refractivity contribution in [1.29, 1.82) is 0 Å². The van der Waals surface area contributed by atoms with Crippen molar-refractivity contribution in [3.8, 4) is 0 Å². The molecule has 1 aromatic carbocycles. The van der Waals surface area contributed by atoms with E-state index < -0.39 is 0 Å². The minimum Gasteiger partial charge on any atom is -0.343 e. The third kappa shape index (κ3) is 4.52. The molecule has 6 heteroatoms. The number of nitrogens with zero attached hydrogens (tertiary/aromatic N) is 4. The fourth-order valence-electron chi connectivity index (χ4n) is 4.90. The molecule has 0 N–H and O–H groups in total. The lowest BCUT2D eigenvalue weighted by atomic mass is 9.72. The molecule has 2 aliphatic rings.